The minimum atomic E-state index is -0.0316. The van der Waals surface area contributed by atoms with Crippen molar-refractivity contribution in [2.24, 2.45) is 0 Å². The van der Waals surface area contributed by atoms with Crippen LogP contribution in [0.25, 0.3) is 0 Å². The Morgan fingerprint density at radius 1 is 1.19 bits per heavy atom. The molecule has 0 aromatic carbocycles. The Hall–Kier alpha value is -1.31. The summed E-state index contributed by atoms with van der Waals surface area (Å²) in [5.41, 5.74) is 2.67. The first kappa shape index (κ1) is 14.7. The molecule has 0 aromatic heterocycles. The van der Waals surface area contributed by atoms with Gasteiger partial charge in [0.1, 0.15) is 0 Å². The minimum absolute atomic E-state index is 0.0316. The van der Waals surface area contributed by atoms with Crippen LogP contribution >= 0.6 is 0 Å². The predicted molar refractivity (Wildman–Crippen MR) is 70.2 cm³/mol. The maximum atomic E-state index is 11.1. The summed E-state index contributed by atoms with van der Waals surface area (Å²) in [5.74, 6) is -0.0316. The van der Waals surface area contributed by atoms with Crippen LogP contribution in [0.4, 0.5) is 0 Å². The summed E-state index contributed by atoms with van der Waals surface area (Å²) >= 11 is 0. The lowest BCUT2D eigenvalue weighted by Gasteiger charge is -2.00. The zero-order valence-electron chi connectivity index (χ0n) is 10.8. The molecule has 0 spiro atoms. The average Bonchev–Trinajstić information content (AvgIpc) is 2.17. The van der Waals surface area contributed by atoms with Gasteiger partial charge >= 0.3 is 0 Å². The molecule has 2 heteroatoms. The highest BCUT2D eigenvalue weighted by Gasteiger charge is 1.92. The van der Waals surface area contributed by atoms with Crippen molar-refractivity contribution in [2.45, 2.75) is 40.5 Å². The normalized spacial score (nSPS) is 11.6. The van der Waals surface area contributed by atoms with Crippen LogP contribution < -0.4 is 5.32 Å². The van der Waals surface area contributed by atoms with Crippen LogP contribution in [0.5, 0.6) is 0 Å². The van der Waals surface area contributed by atoms with Crippen LogP contribution in [0.3, 0.4) is 0 Å². The van der Waals surface area contributed by atoms with Gasteiger partial charge in [-0.15, -0.1) is 0 Å². The van der Waals surface area contributed by atoms with Gasteiger partial charge in [0.25, 0.3) is 0 Å². The van der Waals surface area contributed by atoms with Crippen LogP contribution in [0.2, 0.25) is 0 Å². The molecule has 2 nitrogen and oxygen atoms in total. The van der Waals surface area contributed by atoms with E-state index in [1.165, 1.54) is 17.2 Å². The molecule has 0 aliphatic rings. The number of rotatable bonds is 6. The van der Waals surface area contributed by atoms with Gasteiger partial charge in [0.15, 0.2) is 0 Å². The van der Waals surface area contributed by atoms with E-state index in [9.17, 15) is 4.79 Å². The van der Waals surface area contributed by atoms with E-state index in [-0.39, 0.29) is 5.91 Å². The first-order valence-corrected chi connectivity index (χ1v) is 5.75. The number of carbonyl (C=O) groups is 1. The summed E-state index contributed by atoms with van der Waals surface area (Å²) in [4.78, 5) is 11.1. The molecule has 0 aliphatic carbocycles. The second-order valence-corrected chi connectivity index (χ2v) is 4.12. The fraction of sp³-hybridized carbons (Fsp3) is 0.500. The van der Waals surface area contributed by atoms with Gasteiger partial charge in [0.2, 0.25) is 5.91 Å². The number of amides is 1. The summed E-state index contributed by atoms with van der Waals surface area (Å²) < 4.78 is 0. The van der Waals surface area contributed by atoms with Crippen LogP contribution in [0.15, 0.2) is 35.5 Å². The largest absolute Gasteiger partial charge is 0.349 e. The van der Waals surface area contributed by atoms with E-state index in [1.807, 2.05) is 6.92 Å². The molecule has 0 saturated carbocycles. The fourth-order valence-electron chi connectivity index (χ4n) is 1.23. The third-order valence-electron chi connectivity index (χ3n) is 2.14. The summed E-state index contributed by atoms with van der Waals surface area (Å²) in [6.45, 7) is 8.76. The van der Waals surface area contributed by atoms with Crippen molar-refractivity contribution in [1.29, 1.82) is 0 Å². The Bertz CT molecular complexity index is 294. The van der Waals surface area contributed by atoms with Crippen LogP contribution in [0.1, 0.15) is 40.5 Å². The van der Waals surface area contributed by atoms with E-state index in [1.54, 1.807) is 6.08 Å². The molecule has 0 fully saturated rings. The molecule has 0 rings (SSSR count). The molecule has 16 heavy (non-hydrogen) atoms. The Kier molecular flexibility index (Phi) is 8.22. The Balaban J connectivity index is 3.79. The van der Waals surface area contributed by atoms with Gasteiger partial charge in [0, 0.05) is 6.54 Å². The van der Waals surface area contributed by atoms with E-state index in [2.05, 4.69) is 38.2 Å². The van der Waals surface area contributed by atoms with E-state index < -0.39 is 0 Å². The maximum Gasteiger partial charge on any atom is 0.243 e. The van der Waals surface area contributed by atoms with Crippen LogP contribution in [0, 0.1) is 0 Å². The van der Waals surface area contributed by atoms with Gasteiger partial charge in [-0.05, 0) is 46.6 Å². The van der Waals surface area contributed by atoms with Gasteiger partial charge in [-0.1, -0.05) is 29.4 Å². The monoisotopic (exact) mass is 221 g/mol. The molecule has 0 unspecified atom stereocenters. The number of allylic oxidation sites excluding steroid dienone is 4. The second-order valence-electron chi connectivity index (χ2n) is 4.12. The van der Waals surface area contributed by atoms with Gasteiger partial charge in [-0.2, -0.15) is 0 Å². The SMILES string of the molecule is CC=CC(=O)NC/C=C(\C)CCC=C(C)C. The molecule has 0 saturated heterocycles. The summed E-state index contributed by atoms with van der Waals surface area (Å²) in [6, 6.07) is 0. The molecular weight excluding hydrogens is 198 g/mol. The number of hydrogen-bond acceptors (Lipinski definition) is 1. The summed E-state index contributed by atoms with van der Waals surface area (Å²) in [6.07, 6.45) is 9.71. The number of carbonyl (C=O) groups excluding carboxylic acids is 1. The highest BCUT2D eigenvalue weighted by atomic mass is 16.1. The molecule has 0 heterocycles. The lowest BCUT2D eigenvalue weighted by molar-refractivity contribution is -0.116. The van der Waals surface area contributed by atoms with Gasteiger partial charge in [-0.3, -0.25) is 4.79 Å². The zero-order valence-corrected chi connectivity index (χ0v) is 10.8. The fourth-order valence-corrected chi connectivity index (χ4v) is 1.23. The Morgan fingerprint density at radius 2 is 1.88 bits per heavy atom. The topological polar surface area (TPSA) is 29.1 Å². The third-order valence-corrected chi connectivity index (χ3v) is 2.14. The predicted octanol–water partition coefficient (Wildman–Crippen LogP) is 3.37. The van der Waals surface area contributed by atoms with E-state index in [0.717, 1.165) is 12.8 Å². The minimum Gasteiger partial charge on any atom is -0.349 e. The standard InChI is InChI=1S/C14H23NO/c1-5-7-14(16)15-11-10-13(4)9-6-8-12(2)3/h5,7-8,10H,6,9,11H2,1-4H3,(H,15,16)/b7-5?,13-10+. The maximum absolute atomic E-state index is 11.1. The van der Waals surface area contributed by atoms with E-state index >= 15 is 0 Å². The van der Waals surface area contributed by atoms with Gasteiger partial charge < -0.3 is 5.32 Å². The van der Waals surface area contributed by atoms with Crippen molar-refractivity contribution in [3.8, 4) is 0 Å². The van der Waals surface area contributed by atoms with Crippen molar-refractivity contribution in [1.82, 2.24) is 5.32 Å². The van der Waals surface area contributed by atoms with E-state index in [0.29, 0.717) is 6.54 Å². The number of hydrogen-bond donors (Lipinski definition) is 1. The molecule has 0 radical (unpaired) electrons. The molecule has 1 N–H and O–H groups in total. The number of nitrogens with one attached hydrogen (secondary N) is 1. The van der Waals surface area contributed by atoms with Gasteiger partial charge in [-0.25, -0.2) is 0 Å². The smallest absolute Gasteiger partial charge is 0.243 e. The van der Waals surface area contributed by atoms with Crippen LogP contribution in [-0.4, -0.2) is 12.5 Å². The molecular formula is C14H23NO. The Morgan fingerprint density at radius 3 is 2.44 bits per heavy atom. The lowest BCUT2D eigenvalue weighted by Crippen LogP contribution is -2.20. The molecule has 0 aliphatic heterocycles. The molecule has 0 bridgehead atoms. The first-order valence-electron chi connectivity index (χ1n) is 5.75. The molecule has 0 atom stereocenters. The van der Waals surface area contributed by atoms with Crippen molar-refractivity contribution < 1.29 is 4.79 Å². The van der Waals surface area contributed by atoms with Crippen molar-refractivity contribution >= 4 is 5.91 Å². The van der Waals surface area contributed by atoms with Gasteiger partial charge in [0.05, 0.1) is 0 Å². The highest BCUT2D eigenvalue weighted by molar-refractivity contribution is 5.87. The van der Waals surface area contributed by atoms with Crippen molar-refractivity contribution in [3.05, 3.63) is 35.5 Å². The highest BCUT2D eigenvalue weighted by Crippen LogP contribution is 2.05. The molecule has 90 valence electrons. The summed E-state index contributed by atoms with van der Waals surface area (Å²) in [5, 5.41) is 2.80. The van der Waals surface area contributed by atoms with Crippen LogP contribution in [-0.2, 0) is 4.79 Å². The third kappa shape index (κ3) is 9.25. The zero-order chi connectivity index (χ0) is 12.4. The van der Waals surface area contributed by atoms with Crippen molar-refractivity contribution in [2.75, 3.05) is 6.54 Å². The molecule has 1 amide bonds. The Labute approximate surface area is 99.1 Å². The quantitative estimate of drug-likeness (QED) is 0.540. The lowest BCUT2D eigenvalue weighted by atomic mass is 10.1. The summed E-state index contributed by atoms with van der Waals surface area (Å²) in [7, 11) is 0. The average molecular weight is 221 g/mol. The van der Waals surface area contributed by atoms with Crippen molar-refractivity contribution in [3.63, 3.8) is 0 Å². The first-order chi connectivity index (χ1) is 7.56. The second kappa shape index (κ2) is 8.96. The van der Waals surface area contributed by atoms with E-state index in [4.69, 9.17) is 0 Å². The molecule has 0 aromatic rings.